The quantitative estimate of drug-likeness (QED) is 0.937. The summed E-state index contributed by atoms with van der Waals surface area (Å²) in [6.45, 7) is 3.44. The normalized spacial score (nSPS) is 12.0. The van der Waals surface area contributed by atoms with E-state index in [1.54, 1.807) is 37.1 Å². The van der Waals surface area contributed by atoms with Gasteiger partial charge in [-0.1, -0.05) is 18.2 Å². The molecule has 5 nitrogen and oxygen atoms in total. The van der Waals surface area contributed by atoms with Gasteiger partial charge in [-0.15, -0.1) is 0 Å². The van der Waals surface area contributed by atoms with E-state index in [0.717, 1.165) is 0 Å². The summed E-state index contributed by atoms with van der Waals surface area (Å²) >= 11 is 0. The summed E-state index contributed by atoms with van der Waals surface area (Å²) in [7, 11) is 1.74. The maximum absolute atomic E-state index is 13.8. The predicted molar refractivity (Wildman–Crippen MR) is 76.9 cm³/mol. The fourth-order valence-electron chi connectivity index (χ4n) is 2.03. The Morgan fingerprint density at radius 3 is 2.62 bits per heavy atom. The minimum atomic E-state index is -1.07. The van der Waals surface area contributed by atoms with Gasteiger partial charge in [0.2, 0.25) is 5.95 Å². The summed E-state index contributed by atoms with van der Waals surface area (Å²) in [6, 6.07) is 6.23. The van der Waals surface area contributed by atoms with E-state index in [-0.39, 0.29) is 17.4 Å². The SMILES string of the molecule is Cc1nc(N(C)C(C)c2ccccc2F)ncc1C(=O)O. The molecule has 1 unspecified atom stereocenters. The smallest absolute Gasteiger partial charge is 0.339 e. The molecule has 0 bridgehead atoms. The van der Waals surface area contributed by atoms with Gasteiger partial charge in [0.1, 0.15) is 5.82 Å². The van der Waals surface area contributed by atoms with E-state index in [4.69, 9.17) is 5.11 Å². The molecule has 1 heterocycles. The van der Waals surface area contributed by atoms with Crippen LogP contribution in [-0.4, -0.2) is 28.1 Å². The fourth-order valence-corrected chi connectivity index (χ4v) is 2.03. The lowest BCUT2D eigenvalue weighted by molar-refractivity contribution is 0.0695. The van der Waals surface area contributed by atoms with E-state index >= 15 is 0 Å². The van der Waals surface area contributed by atoms with Crippen LogP contribution in [0.3, 0.4) is 0 Å². The fraction of sp³-hybridized carbons (Fsp3) is 0.267. The lowest BCUT2D eigenvalue weighted by Gasteiger charge is -2.25. The van der Waals surface area contributed by atoms with Gasteiger partial charge in [0.25, 0.3) is 0 Å². The molecule has 6 heteroatoms. The van der Waals surface area contributed by atoms with Crippen molar-refractivity contribution in [2.24, 2.45) is 0 Å². The summed E-state index contributed by atoms with van der Waals surface area (Å²) in [5.74, 6) is -1.01. The summed E-state index contributed by atoms with van der Waals surface area (Å²) in [5, 5.41) is 8.98. The first-order valence-electron chi connectivity index (χ1n) is 6.46. The number of aromatic nitrogens is 2. The van der Waals surface area contributed by atoms with Crippen molar-refractivity contribution in [2.75, 3.05) is 11.9 Å². The third kappa shape index (κ3) is 2.99. The van der Waals surface area contributed by atoms with Gasteiger partial charge < -0.3 is 10.0 Å². The Labute approximate surface area is 122 Å². The minimum absolute atomic E-state index is 0.0608. The molecule has 1 aromatic heterocycles. The van der Waals surface area contributed by atoms with Crippen LogP contribution in [0.4, 0.5) is 10.3 Å². The van der Waals surface area contributed by atoms with Crippen LogP contribution in [0.15, 0.2) is 30.5 Å². The lowest BCUT2D eigenvalue weighted by Crippen LogP contribution is -2.25. The van der Waals surface area contributed by atoms with E-state index < -0.39 is 5.97 Å². The first-order chi connectivity index (χ1) is 9.91. The average Bonchev–Trinajstić information content (AvgIpc) is 2.45. The highest BCUT2D eigenvalue weighted by Gasteiger charge is 2.19. The van der Waals surface area contributed by atoms with Crippen LogP contribution < -0.4 is 4.90 Å². The Morgan fingerprint density at radius 2 is 2.05 bits per heavy atom. The van der Waals surface area contributed by atoms with Gasteiger partial charge in [-0.3, -0.25) is 0 Å². The molecule has 0 aliphatic heterocycles. The van der Waals surface area contributed by atoms with Crippen LogP contribution in [0.2, 0.25) is 0 Å². The van der Waals surface area contributed by atoms with Crippen molar-refractivity contribution >= 4 is 11.9 Å². The number of halogens is 1. The Hall–Kier alpha value is -2.50. The van der Waals surface area contributed by atoms with E-state index in [1.165, 1.54) is 12.3 Å². The Morgan fingerprint density at radius 1 is 1.38 bits per heavy atom. The number of carbonyl (C=O) groups is 1. The van der Waals surface area contributed by atoms with E-state index in [1.807, 2.05) is 6.92 Å². The topological polar surface area (TPSA) is 66.3 Å². The van der Waals surface area contributed by atoms with Crippen molar-refractivity contribution < 1.29 is 14.3 Å². The average molecular weight is 289 g/mol. The molecule has 1 N–H and O–H groups in total. The summed E-state index contributed by atoms with van der Waals surface area (Å²) in [6.07, 6.45) is 1.27. The largest absolute Gasteiger partial charge is 0.478 e. The molecule has 0 spiro atoms. The maximum atomic E-state index is 13.8. The molecule has 0 fully saturated rings. The zero-order valence-electron chi connectivity index (χ0n) is 12.0. The highest BCUT2D eigenvalue weighted by Crippen LogP contribution is 2.24. The highest BCUT2D eigenvalue weighted by atomic mass is 19.1. The number of aryl methyl sites for hydroxylation is 1. The second kappa shape index (κ2) is 5.87. The molecule has 1 atom stereocenters. The number of rotatable bonds is 4. The molecular formula is C15H16FN3O2. The van der Waals surface area contributed by atoms with E-state index in [2.05, 4.69) is 9.97 Å². The van der Waals surface area contributed by atoms with E-state index in [9.17, 15) is 9.18 Å². The van der Waals surface area contributed by atoms with Gasteiger partial charge in [0.15, 0.2) is 0 Å². The molecule has 0 amide bonds. The van der Waals surface area contributed by atoms with Crippen LogP contribution in [0.1, 0.15) is 34.6 Å². The maximum Gasteiger partial charge on any atom is 0.339 e. The molecule has 0 saturated carbocycles. The monoisotopic (exact) mass is 289 g/mol. The Balaban J connectivity index is 2.32. The van der Waals surface area contributed by atoms with Crippen LogP contribution in [0.5, 0.6) is 0 Å². The number of benzene rings is 1. The number of aromatic carboxylic acids is 1. The first kappa shape index (κ1) is 14.9. The van der Waals surface area contributed by atoms with Crippen LogP contribution in [-0.2, 0) is 0 Å². The van der Waals surface area contributed by atoms with Crippen molar-refractivity contribution in [3.05, 3.63) is 53.1 Å². The Bertz CT molecular complexity index is 676. The van der Waals surface area contributed by atoms with Crippen molar-refractivity contribution in [1.82, 2.24) is 9.97 Å². The Kier molecular flexibility index (Phi) is 4.16. The second-order valence-electron chi connectivity index (χ2n) is 4.78. The molecule has 0 aliphatic rings. The molecule has 110 valence electrons. The van der Waals surface area contributed by atoms with Gasteiger partial charge >= 0.3 is 5.97 Å². The van der Waals surface area contributed by atoms with E-state index in [0.29, 0.717) is 17.2 Å². The van der Waals surface area contributed by atoms with Crippen molar-refractivity contribution in [1.29, 1.82) is 0 Å². The zero-order valence-corrected chi connectivity index (χ0v) is 12.0. The predicted octanol–water partition coefficient (Wildman–Crippen LogP) is 2.82. The van der Waals surface area contributed by atoms with Crippen molar-refractivity contribution in [2.45, 2.75) is 19.9 Å². The summed E-state index contributed by atoms with van der Waals surface area (Å²) in [4.78, 5) is 20.9. The van der Waals surface area contributed by atoms with Crippen molar-refractivity contribution in [3.63, 3.8) is 0 Å². The summed E-state index contributed by atoms with van der Waals surface area (Å²) < 4.78 is 13.8. The minimum Gasteiger partial charge on any atom is -0.478 e. The van der Waals surface area contributed by atoms with Gasteiger partial charge in [-0.25, -0.2) is 19.2 Å². The number of nitrogens with zero attached hydrogens (tertiary/aromatic N) is 3. The lowest BCUT2D eigenvalue weighted by atomic mass is 10.1. The molecule has 2 aromatic rings. The molecule has 0 radical (unpaired) electrons. The number of hydrogen-bond acceptors (Lipinski definition) is 4. The molecule has 0 saturated heterocycles. The number of carboxylic acids is 1. The molecule has 1 aromatic carbocycles. The highest BCUT2D eigenvalue weighted by molar-refractivity contribution is 5.88. The molecule has 2 rings (SSSR count). The number of carboxylic acid groups (broad SMARTS) is 1. The van der Waals surface area contributed by atoms with Crippen molar-refractivity contribution in [3.8, 4) is 0 Å². The van der Waals surface area contributed by atoms with Crippen LogP contribution in [0, 0.1) is 12.7 Å². The summed E-state index contributed by atoms with van der Waals surface area (Å²) in [5.41, 5.74) is 0.967. The zero-order chi connectivity index (χ0) is 15.6. The molecular weight excluding hydrogens is 273 g/mol. The first-order valence-corrected chi connectivity index (χ1v) is 6.46. The third-order valence-electron chi connectivity index (χ3n) is 3.45. The van der Waals surface area contributed by atoms with Gasteiger partial charge in [-0.05, 0) is 19.9 Å². The van der Waals surface area contributed by atoms with Crippen LogP contribution in [0.25, 0.3) is 0 Å². The van der Waals surface area contributed by atoms with Gasteiger partial charge in [0, 0.05) is 18.8 Å². The van der Waals surface area contributed by atoms with Crippen LogP contribution >= 0.6 is 0 Å². The van der Waals surface area contributed by atoms with Gasteiger partial charge in [0.05, 0.1) is 17.3 Å². The third-order valence-corrected chi connectivity index (χ3v) is 3.45. The molecule has 0 aliphatic carbocycles. The second-order valence-corrected chi connectivity index (χ2v) is 4.78. The van der Waals surface area contributed by atoms with Gasteiger partial charge in [-0.2, -0.15) is 0 Å². The standard InChI is InChI=1S/C15H16FN3O2/c1-9-12(14(20)21)8-17-15(18-9)19(3)10(2)11-6-4-5-7-13(11)16/h4-8,10H,1-3H3,(H,20,21). The number of hydrogen-bond donors (Lipinski definition) is 1. The molecule has 21 heavy (non-hydrogen) atoms. The number of anilines is 1.